The molecule has 1 N–H and O–H groups in total. The van der Waals surface area contributed by atoms with E-state index in [1.807, 2.05) is 12.1 Å². The second-order valence-corrected chi connectivity index (χ2v) is 9.29. The molecule has 1 aromatic heterocycles. The van der Waals surface area contributed by atoms with E-state index in [4.69, 9.17) is 4.74 Å². The summed E-state index contributed by atoms with van der Waals surface area (Å²) < 4.78 is 21.4. The molecule has 0 unspecified atom stereocenters. The van der Waals surface area contributed by atoms with E-state index < -0.39 is 0 Å². The summed E-state index contributed by atoms with van der Waals surface area (Å²) in [6, 6.07) is 16.1. The number of ether oxygens (including phenoxy) is 1. The van der Waals surface area contributed by atoms with Gasteiger partial charge in [-0.1, -0.05) is 15.9 Å². The number of anilines is 1. The van der Waals surface area contributed by atoms with Crippen LogP contribution in [0, 0.1) is 16.3 Å². The molecule has 0 aliphatic rings. The van der Waals surface area contributed by atoms with Crippen molar-refractivity contribution in [3.8, 4) is 5.75 Å². The van der Waals surface area contributed by atoms with Crippen molar-refractivity contribution in [1.82, 2.24) is 9.66 Å². The Hall–Kier alpha value is -3.12. The minimum Gasteiger partial charge on any atom is -0.483 e. The van der Waals surface area contributed by atoms with Gasteiger partial charge in [0.2, 0.25) is 0 Å². The molecule has 0 saturated carbocycles. The molecule has 0 radical (unpaired) electrons. The van der Waals surface area contributed by atoms with Crippen molar-refractivity contribution >= 4 is 67.2 Å². The predicted octanol–water partition coefficient (Wildman–Crippen LogP) is 5.11. The van der Waals surface area contributed by atoms with Crippen LogP contribution in [0.4, 0.5) is 10.1 Å². The summed E-state index contributed by atoms with van der Waals surface area (Å²) in [4.78, 5) is 29.4. The maximum absolute atomic E-state index is 13.0. The maximum Gasteiger partial charge on any atom is 0.282 e. The molecule has 172 valence electrons. The molecule has 1 amide bonds. The molecular formula is C24H17BrFIN4O3. The number of rotatable bonds is 6. The largest absolute Gasteiger partial charge is 0.483 e. The zero-order valence-electron chi connectivity index (χ0n) is 17.8. The van der Waals surface area contributed by atoms with Crippen LogP contribution in [0.2, 0.25) is 0 Å². The van der Waals surface area contributed by atoms with Crippen molar-refractivity contribution in [2.75, 3.05) is 11.9 Å². The molecule has 0 fully saturated rings. The van der Waals surface area contributed by atoms with E-state index in [2.05, 4.69) is 53.9 Å². The average Bonchev–Trinajstić information content (AvgIpc) is 2.80. The van der Waals surface area contributed by atoms with Gasteiger partial charge in [-0.05, 0) is 95.7 Å². The van der Waals surface area contributed by atoms with Gasteiger partial charge < -0.3 is 10.1 Å². The molecule has 0 saturated heterocycles. The topological polar surface area (TPSA) is 85.6 Å². The first kappa shape index (κ1) is 24.0. The molecule has 7 nitrogen and oxygen atoms in total. The van der Waals surface area contributed by atoms with Crippen LogP contribution in [0.25, 0.3) is 10.9 Å². The van der Waals surface area contributed by atoms with Crippen LogP contribution in [-0.2, 0) is 4.79 Å². The number of amides is 1. The zero-order chi connectivity index (χ0) is 24.2. The summed E-state index contributed by atoms with van der Waals surface area (Å²) in [6.45, 7) is 1.52. The lowest BCUT2D eigenvalue weighted by Gasteiger charge is -2.10. The van der Waals surface area contributed by atoms with E-state index >= 15 is 0 Å². The Balaban J connectivity index is 1.45. The smallest absolute Gasteiger partial charge is 0.282 e. The lowest BCUT2D eigenvalue weighted by molar-refractivity contribution is -0.118. The minimum absolute atomic E-state index is 0.201. The number of aryl methyl sites for hydroxylation is 1. The fourth-order valence-electron chi connectivity index (χ4n) is 3.11. The van der Waals surface area contributed by atoms with Crippen LogP contribution in [0.5, 0.6) is 5.75 Å². The number of benzene rings is 3. The molecule has 1 heterocycles. The molecule has 4 aromatic rings. The van der Waals surface area contributed by atoms with Crippen molar-refractivity contribution in [2.24, 2.45) is 5.10 Å². The van der Waals surface area contributed by atoms with E-state index in [9.17, 15) is 14.0 Å². The SMILES string of the molecule is Cc1nc2ccc(Br)cc2c(=O)n1N=Cc1ccc(OCC(=O)Nc2ccc(F)cc2)c(I)c1. The Kier molecular flexibility index (Phi) is 7.37. The van der Waals surface area contributed by atoms with Gasteiger partial charge in [0.25, 0.3) is 11.5 Å². The van der Waals surface area contributed by atoms with Gasteiger partial charge in [0.15, 0.2) is 6.61 Å². The molecule has 0 spiro atoms. The average molecular weight is 635 g/mol. The van der Waals surface area contributed by atoms with Gasteiger partial charge >= 0.3 is 0 Å². The van der Waals surface area contributed by atoms with Crippen molar-refractivity contribution in [1.29, 1.82) is 0 Å². The quantitative estimate of drug-likeness (QED) is 0.236. The first-order chi connectivity index (χ1) is 16.3. The minimum atomic E-state index is -0.377. The summed E-state index contributed by atoms with van der Waals surface area (Å²) >= 11 is 5.47. The van der Waals surface area contributed by atoms with Gasteiger partial charge in [-0.25, -0.2) is 9.37 Å². The van der Waals surface area contributed by atoms with Gasteiger partial charge in [0.05, 0.1) is 20.7 Å². The highest BCUT2D eigenvalue weighted by Crippen LogP contribution is 2.22. The number of carbonyl (C=O) groups excluding carboxylic acids is 1. The summed E-state index contributed by atoms with van der Waals surface area (Å²) in [5.74, 6) is 0.256. The van der Waals surface area contributed by atoms with Crippen molar-refractivity contribution in [3.63, 3.8) is 0 Å². The van der Waals surface area contributed by atoms with Gasteiger partial charge in [-0.2, -0.15) is 9.78 Å². The van der Waals surface area contributed by atoms with Crippen molar-refractivity contribution < 1.29 is 13.9 Å². The number of hydrogen-bond acceptors (Lipinski definition) is 5. The van der Waals surface area contributed by atoms with Gasteiger partial charge in [0, 0.05) is 10.2 Å². The standard InChI is InChI=1S/C24H17BrFIN4O3/c1-14-29-21-8-3-16(25)11-19(21)24(33)31(14)28-12-15-2-9-22(20(27)10-15)34-13-23(32)30-18-6-4-17(26)5-7-18/h2-12H,13H2,1H3,(H,30,32). The van der Waals surface area contributed by atoms with Gasteiger partial charge in [0.1, 0.15) is 17.4 Å². The number of carbonyl (C=O) groups is 1. The number of aromatic nitrogens is 2. The number of fused-ring (bicyclic) bond motifs is 1. The summed E-state index contributed by atoms with van der Waals surface area (Å²) in [6.07, 6.45) is 1.56. The fraction of sp³-hybridized carbons (Fsp3) is 0.0833. The first-order valence-electron chi connectivity index (χ1n) is 10.0. The van der Waals surface area contributed by atoms with Crippen LogP contribution in [0.15, 0.2) is 75.0 Å². The highest BCUT2D eigenvalue weighted by atomic mass is 127. The molecule has 34 heavy (non-hydrogen) atoms. The molecule has 0 aliphatic heterocycles. The number of nitrogens with zero attached hydrogens (tertiary/aromatic N) is 3. The van der Waals surface area contributed by atoms with E-state index in [0.29, 0.717) is 28.2 Å². The molecule has 0 atom stereocenters. The molecule has 10 heteroatoms. The first-order valence-corrected chi connectivity index (χ1v) is 11.9. The van der Waals surface area contributed by atoms with Crippen LogP contribution in [-0.4, -0.2) is 28.4 Å². The highest BCUT2D eigenvalue weighted by molar-refractivity contribution is 14.1. The molecule has 0 aliphatic carbocycles. The number of halogens is 3. The van der Waals surface area contributed by atoms with Crippen LogP contribution < -0.4 is 15.6 Å². The number of hydrogen-bond donors (Lipinski definition) is 1. The zero-order valence-corrected chi connectivity index (χ0v) is 21.5. The Morgan fingerprint density at radius 1 is 1.21 bits per heavy atom. The normalized spacial score (nSPS) is 11.2. The predicted molar refractivity (Wildman–Crippen MR) is 141 cm³/mol. The van der Waals surface area contributed by atoms with E-state index in [-0.39, 0.29) is 23.9 Å². The Bertz CT molecular complexity index is 1470. The van der Waals surface area contributed by atoms with E-state index in [1.165, 1.54) is 28.9 Å². The molecule has 4 rings (SSSR count). The number of nitrogens with one attached hydrogen (secondary N) is 1. The van der Waals surface area contributed by atoms with Crippen molar-refractivity contribution in [2.45, 2.75) is 6.92 Å². The third kappa shape index (κ3) is 5.68. The van der Waals surface area contributed by atoms with Crippen LogP contribution in [0.3, 0.4) is 0 Å². The third-order valence-corrected chi connectivity index (χ3v) is 6.07. The van der Waals surface area contributed by atoms with Gasteiger partial charge in [-0.15, -0.1) is 0 Å². The van der Waals surface area contributed by atoms with E-state index in [0.717, 1.165) is 13.6 Å². The van der Waals surface area contributed by atoms with Crippen LogP contribution >= 0.6 is 38.5 Å². The Morgan fingerprint density at radius 2 is 1.97 bits per heavy atom. The maximum atomic E-state index is 13.0. The fourth-order valence-corrected chi connectivity index (χ4v) is 4.16. The highest BCUT2D eigenvalue weighted by Gasteiger charge is 2.09. The molecular weight excluding hydrogens is 618 g/mol. The monoisotopic (exact) mass is 634 g/mol. The lowest BCUT2D eigenvalue weighted by atomic mass is 10.2. The Morgan fingerprint density at radius 3 is 2.71 bits per heavy atom. The summed E-state index contributed by atoms with van der Waals surface area (Å²) in [7, 11) is 0. The molecule has 3 aromatic carbocycles. The van der Waals surface area contributed by atoms with Crippen molar-refractivity contribution in [3.05, 3.63) is 96.3 Å². The third-order valence-electron chi connectivity index (χ3n) is 4.74. The molecule has 0 bridgehead atoms. The Labute approximate surface area is 215 Å². The van der Waals surface area contributed by atoms with Gasteiger partial charge in [-0.3, -0.25) is 9.59 Å². The second kappa shape index (κ2) is 10.4. The van der Waals surface area contributed by atoms with Crippen LogP contribution in [0.1, 0.15) is 11.4 Å². The second-order valence-electron chi connectivity index (χ2n) is 7.22. The summed E-state index contributed by atoms with van der Waals surface area (Å²) in [5.41, 5.74) is 1.57. The lowest BCUT2D eigenvalue weighted by Crippen LogP contribution is -2.20. The summed E-state index contributed by atoms with van der Waals surface area (Å²) in [5, 5.41) is 7.43. The van der Waals surface area contributed by atoms with E-state index in [1.54, 1.807) is 37.4 Å².